The first kappa shape index (κ1) is 20.3. The maximum atomic E-state index is 13.0. The van der Waals surface area contributed by atoms with Gasteiger partial charge in [0.2, 0.25) is 11.8 Å². The zero-order valence-corrected chi connectivity index (χ0v) is 16.1. The van der Waals surface area contributed by atoms with E-state index in [-0.39, 0.29) is 18.9 Å². The molecule has 144 valence electrons. The first-order chi connectivity index (χ1) is 13.0. The molecular formula is C21H27N3O3. The lowest BCUT2D eigenvalue weighted by atomic mass is 10.1. The molecule has 6 heteroatoms. The molecule has 0 aliphatic carbocycles. The van der Waals surface area contributed by atoms with Crippen molar-refractivity contribution in [3.8, 4) is 5.75 Å². The SMILES string of the molecule is CCN(C(=O)CN(CCC(N)=O)c1ccc(OC)cc1)c1ccccc1C. The third-order valence-electron chi connectivity index (χ3n) is 4.42. The van der Waals surface area contributed by atoms with E-state index in [9.17, 15) is 9.59 Å². The second kappa shape index (κ2) is 9.62. The molecule has 2 amide bonds. The van der Waals surface area contributed by atoms with Crippen LogP contribution in [0.5, 0.6) is 5.75 Å². The molecule has 0 fully saturated rings. The number of benzene rings is 2. The molecule has 6 nitrogen and oxygen atoms in total. The van der Waals surface area contributed by atoms with Crippen molar-refractivity contribution in [2.24, 2.45) is 5.73 Å². The summed E-state index contributed by atoms with van der Waals surface area (Å²) < 4.78 is 5.19. The van der Waals surface area contributed by atoms with Gasteiger partial charge >= 0.3 is 0 Å². The number of rotatable bonds is 9. The van der Waals surface area contributed by atoms with Crippen LogP contribution < -0.4 is 20.3 Å². The maximum absolute atomic E-state index is 13.0. The number of nitrogens with two attached hydrogens (primary N) is 1. The lowest BCUT2D eigenvalue weighted by Gasteiger charge is -2.29. The Balaban J connectivity index is 2.22. The Morgan fingerprint density at radius 2 is 1.74 bits per heavy atom. The number of amides is 2. The number of hydrogen-bond acceptors (Lipinski definition) is 4. The largest absolute Gasteiger partial charge is 0.497 e. The van der Waals surface area contributed by atoms with E-state index in [4.69, 9.17) is 10.5 Å². The van der Waals surface area contributed by atoms with Crippen LogP contribution in [0, 0.1) is 6.92 Å². The van der Waals surface area contributed by atoms with Gasteiger partial charge in [0.05, 0.1) is 13.7 Å². The van der Waals surface area contributed by atoms with Crippen LogP contribution >= 0.6 is 0 Å². The van der Waals surface area contributed by atoms with Crippen LogP contribution in [-0.4, -0.2) is 38.6 Å². The van der Waals surface area contributed by atoms with Crippen molar-refractivity contribution in [2.75, 3.05) is 36.5 Å². The Kier molecular flexibility index (Phi) is 7.23. The van der Waals surface area contributed by atoms with E-state index in [2.05, 4.69) is 0 Å². The highest BCUT2D eigenvalue weighted by molar-refractivity contribution is 5.97. The number of aryl methyl sites for hydroxylation is 1. The topological polar surface area (TPSA) is 75.9 Å². The van der Waals surface area contributed by atoms with Crippen LogP contribution in [0.2, 0.25) is 0 Å². The molecule has 0 aliphatic rings. The van der Waals surface area contributed by atoms with Gasteiger partial charge < -0.3 is 20.3 Å². The summed E-state index contributed by atoms with van der Waals surface area (Å²) in [4.78, 5) is 27.9. The maximum Gasteiger partial charge on any atom is 0.246 e. The second-order valence-electron chi connectivity index (χ2n) is 6.26. The summed E-state index contributed by atoms with van der Waals surface area (Å²) in [5, 5.41) is 0. The number of para-hydroxylation sites is 1. The Morgan fingerprint density at radius 3 is 2.30 bits per heavy atom. The van der Waals surface area contributed by atoms with Crippen LogP contribution in [0.25, 0.3) is 0 Å². The molecule has 0 bridgehead atoms. The molecule has 0 saturated heterocycles. The molecule has 0 aliphatic heterocycles. The third kappa shape index (κ3) is 5.48. The van der Waals surface area contributed by atoms with E-state index < -0.39 is 5.91 Å². The standard InChI is InChI=1S/C21H27N3O3/c1-4-24(19-8-6-5-7-16(19)2)21(26)15-23(14-13-20(22)25)17-9-11-18(27-3)12-10-17/h5-12H,4,13-15H2,1-3H3,(H2,22,25). The minimum absolute atomic E-state index is 0.0351. The number of primary amides is 1. The quantitative estimate of drug-likeness (QED) is 0.737. The first-order valence-corrected chi connectivity index (χ1v) is 8.99. The zero-order valence-electron chi connectivity index (χ0n) is 16.1. The number of carbonyl (C=O) groups excluding carboxylic acids is 2. The minimum atomic E-state index is -0.396. The summed E-state index contributed by atoms with van der Waals surface area (Å²) in [5.41, 5.74) is 8.09. The Morgan fingerprint density at radius 1 is 1.07 bits per heavy atom. The number of carbonyl (C=O) groups is 2. The predicted molar refractivity (Wildman–Crippen MR) is 108 cm³/mol. The van der Waals surface area contributed by atoms with Gasteiger partial charge in [-0.15, -0.1) is 0 Å². The number of hydrogen-bond donors (Lipinski definition) is 1. The molecular weight excluding hydrogens is 342 g/mol. The first-order valence-electron chi connectivity index (χ1n) is 8.99. The van der Waals surface area contributed by atoms with Crippen molar-refractivity contribution in [3.63, 3.8) is 0 Å². The minimum Gasteiger partial charge on any atom is -0.497 e. The van der Waals surface area contributed by atoms with Crippen LogP contribution in [0.3, 0.4) is 0 Å². The van der Waals surface area contributed by atoms with E-state index in [0.29, 0.717) is 13.1 Å². The lowest BCUT2D eigenvalue weighted by Crippen LogP contribution is -2.42. The third-order valence-corrected chi connectivity index (χ3v) is 4.42. The van der Waals surface area contributed by atoms with E-state index in [1.54, 1.807) is 12.0 Å². The van der Waals surface area contributed by atoms with E-state index in [0.717, 1.165) is 22.7 Å². The molecule has 0 saturated carbocycles. The molecule has 0 atom stereocenters. The van der Waals surface area contributed by atoms with Gasteiger partial charge in [-0.05, 0) is 49.7 Å². The van der Waals surface area contributed by atoms with Crippen molar-refractivity contribution < 1.29 is 14.3 Å². The predicted octanol–water partition coefficient (Wildman–Crippen LogP) is 2.74. The molecule has 2 aromatic carbocycles. The Labute approximate surface area is 160 Å². The Hall–Kier alpha value is -3.02. The van der Waals surface area contributed by atoms with Gasteiger partial charge in [-0.1, -0.05) is 18.2 Å². The van der Waals surface area contributed by atoms with E-state index in [1.807, 2.05) is 67.3 Å². The summed E-state index contributed by atoms with van der Waals surface area (Å²) in [5.74, 6) is 0.300. The average Bonchev–Trinajstić information content (AvgIpc) is 2.67. The fourth-order valence-corrected chi connectivity index (χ4v) is 2.93. The monoisotopic (exact) mass is 369 g/mol. The molecule has 2 N–H and O–H groups in total. The smallest absolute Gasteiger partial charge is 0.246 e. The van der Waals surface area contributed by atoms with Gasteiger partial charge in [-0.25, -0.2) is 0 Å². The molecule has 0 spiro atoms. The van der Waals surface area contributed by atoms with Crippen molar-refractivity contribution in [3.05, 3.63) is 54.1 Å². The number of anilines is 2. The summed E-state index contributed by atoms with van der Waals surface area (Å²) >= 11 is 0. The van der Waals surface area contributed by atoms with Crippen molar-refractivity contribution >= 4 is 23.2 Å². The van der Waals surface area contributed by atoms with Crippen molar-refractivity contribution in [2.45, 2.75) is 20.3 Å². The number of ether oxygens (including phenoxy) is 1. The fourth-order valence-electron chi connectivity index (χ4n) is 2.93. The van der Waals surface area contributed by atoms with Crippen molar-refractivity contribution in [1.82, 2.24) is 0 Å². The molecule has 27 heavy (non-hydrogen) atoms. The highest BCUT2D eigenvalue weighted by atomic mass is 16.5. The summed E-state index contributed by atoms with van der Waals surface area (Å²) in [6, 6.07) is 15.2. The van der Waals surface area contributed by atoms with Gasteiger partial charge in [0, 0.05) is 30.9 Å². The lowest BCUT2D eigenvalue weighted by molar-refractivity contribution is -0.119. The average molecular weight is 369 g/mol. The summed E-state index contributed by atoms with van der Waals surface area (Å²) in [6.45, 7) is 5.03. The zero-order chi connectivity index (χ0) is 19.8. The van der Waals surface area contributed by atoms with Gasteiger partial charge in [0.15, 0.2) is 0 Å². The highest BCUT2D eigenvalue weighted by Gasteiger charge is 2.20. The normalized spacial score (nSPS) is 10.3. The molecule has 0 unspecified atom stereocenters. The molecule has 0 aromatic heterocycles. The van der Waals surface area contributed by atoms with E-state index in [1.165, 1.54) is 0 Å². The van der Waals surface area contributed by atoms with Crippen LogP contribution in [0.15, 0.2) is 48.5 Å². The molecule has 0 radical (unpaired) electrons. The van der Waals surface area contributed by atoms with Gasteiger partial charge in [0.25, 0.3) is 0 Å². The molecule has 2 aromatic rings. The second-order valence-corrected chi connectivity index (χ2v) is 6.26. The van der Waals surface area contributed by atoms with Crippen LogP contribution in [0.1, 0.15) is 18.9 Å². The molecule has 0 heterocycles. The summed E-state index contributed by atoms with van der Waals surface area (Å²) in [7, 11) is 1.60. The van der Waals surface area contributed by atoms with E-state index >= 15 is 0 Å². The fraction of sp³-hybridized carbons (Fsp3) is 0.333. The van der Waals surface area contributed by atoms with Gasteiger partial charge in [-0.3, -0.25) is 9.59 Å². The van der Waals surface area contributed by atoms with Crippen LogP contribution in [-0.2, 0) is 9.59 Å². The number of nitrogens with zero attached hydrogens (tertiary/aromatic N) is 2. The van der Waals surface area contributed by atoms with Gasteiger partial charge in [-0.2, -0.15) is 0 Å². The molecule has 2 rings (SSSR count). The summed E-state index contributed by atoms with van der Waals surface area (Å²) in [6.07, 6.45) is 0.176. The number of likely N-dealkylation sites (N-methyl/N-ethyl adjacent to an activating group) is 1. The van der Waals surface area contributed by atoms with Crippen molar-refractivity contribution in [1.29, 1.82) is 0 Å². The van der Waals surface area contributed by atoms with Crippen LogP contribution in [0.4, 0.5) is 11.4 Å². The Bertz CT molecular complexity index is 774. The van der Waals surface area contributed by atoms with Gasteiger partial charge in [0.1, 0.15) is 5.75 Å². The highest BCUT2D eigenvalue weighted by Crippen LogP contribution is 2.22. The number of methoxy groups -OCH3 is 1.